The molecular formula is C32H36N7O4+. The highest BCUT2D eigenvalue weighted by molar-refractivity contribution is 6.16. The van der Waals surface area contributed by atoms with Crippen molar-refractivity contribution in [1.29, 1.82) is 0 Å². The third-order valence-electron chi connectivity index (χ3n) is 7.28. The van der Waals surface area contributed by atoms with Crippen LogP contribution in [0.25, 0.3) is 22.6 Å². The number of amidine groups is 1. The zero-order valence-corrected chi connectivity index (χ0v) is 24.9. The van der Waals surface area contributed by atoms with Crippen LogP contribution in [0.15, 0.2) is 81.1 Å². The Kier molecular flexibility index (Phi) is 9.01. The first-order valence-electron chi connectivity index (χ1n) is 14.6. The molecule has 11 nitrogen and oxygen atoms in total. The van der Waals surface area contributed by atoms with Crippen molar-refractivity contribution in [2.75, 3.05) is 6.61 Å². The molecule has 1 amide bonds. The number of aromatic nitrogens is 5. The van der Waals surface area contributed by atoms with E-state index in [0.717, 1.165) is 42.5 Å². The number of carbonyl (C=O) groups is 1. The maximum atomic E-state index is 14.2. The smallest absolute Gasteiger partial charge is 0.439 e. The van der Waals surface area contributed by atoms with E-state index >= 15 is 0 Å². The van der Waals surface area contributed by atoms with Crippen molar-refractivity contribution in [2.24, 2.45) is 10.9 Å². The summed E-state index contributed by atoms with van der Waals surface area (Å²) in [5.41, 5.74) is 3.72. The van der Waals surface area contributed by atoms with Crippen LogP contribution in [0.2, 0.25) is 0 Å². The average molecular weight is 583 g/mol. The Morgan fingerprint density at radius 3 is 2.35 bits per heavy atom. The van der Waals surface area contributed by atoms with Gasteiger partial charge in [-0.25, -0.2) is 14.6 Å². The van der Waals surface area contributed by atoms with Gasteiger partial charge in [-0.15, -0.1) is 4.48 Å². The average Bonchev–Trinajstić information content (AvgIpc) is 3.45. The zero-order valence-electron chi connectivity index (χ0n) is 24.9. The molecule has 0 radical (unpaired) electrons. The van der Waals surface area contributed by atoms with E-state index in [1.807, 2.05) is 57.2 Å². The van der Waals surface area contributed by atoms with Crippen LogP contribution in [0.5, 0.6) is 5.75 Å². The van der Waals surface area contributed by atoms with E-state index in [-0.39, 0.29) is 22.9 Å². The lowest BCUT2D eigenvalue weighted by atomic mass is 10.0. The minimum atomic E-state index is -0.630. The van der Waals surface area contributed by atoms with Gasteiger partial charge in [-0.05, 0) is 31.9 Å². The van der Waals surface area contributed by atoms with E-state index in [4.69, 9.17) is 19.2 Å². The van der Waals surface area contributed by atoms with Gasteiger partial charge in [0.25, 0.3) is 0 Å². The van der Waals surface area contributed by atoms with Crippen LogP contribution in [-0.4, -0.2) is 43.4 Å². The molecule has 0 saturated heterocycles. The molecule has 1 aliphatic heterocycles. The third-order valence-corrected chi connectivity index (χ3v) is 7.28. The molecule has 4 aromatic rings. The Hall–Kier alpha value is -4.77. The summed E-state index contributed by atoms with van der Waals surface area (Å²) in [7, 11) is 0. The monoisotopic (exact) mass is 582 g/mol. The predicted octanol–water partition coefficient (Wildman–Crippen LogP) is 5.85. The number of carbonyl (C=O) groups excluding carboxylic acids is 1. The fourth-order valence-electron chi connectivity index (χ4n) is 5.27. The van der Waals surface area contributed by atoms with Crippen molar-refractivity contribution < 1.29 is 14.1 Å². The van der Waals surface area contributed by atoms with Gasteiger partial charge in [-0.1, -0.05) is 63.0 Å². The summed E-state index contributed by atoms with van der Waals surface area (Å²) in [6.45, 7) is 8.84. The number of nitrogens with zero attached hydrogens (tertiary/aromatic N) is 6. The maximum absolute atomic E-state index is 14.2. The Balaban J connectivity index is 1.54. The summed E-state index contributed by atoms with van der Waals surface area (Å²) in [6.07, 6.45) is 10.5. The molecule has 1 aromatic carbocycles. The first-order chi connectivity index (χ1) is 20.8. The highest BCUT2D eigenvalue weighted by Crippen LogP contribution is 2.34. The van der Waals surface area contributed by atoms with E-state index < -0.39 is 5.76 Å². The molecule has 1 unspecified atom stereocenters. The summed E-state index contributed by atoms with van der Waals surface area (Å²) in [6, 6.07) is 11.3. The van der Waals surface area contributed by atoms with E-state index in [2.05, 4.69) is 27.0 Å². The second-order valence-corrected chi connectivity index (χ2v) is 10.7. The molecule has 43 heavy (non-hydrogen) atoms. The van der Waals surface area contributed by atoms with Gasteiger partial charge >= 0.3 is 17.6 Å². The molecule has 222 valence electrons. The fourth-order valence-corrected chi connectivity index (χ4v) is 5.27. The SMILES string of the molecule is CCCCCC1=CC(=O)[N+](Cc2ccc(-c3ccccc3-c3noc(=O)[nH]3)nc2)(c2ncc(OCC)cn2)C(C(C)C)=N1. The molecule has 1 aliphatic rings. The number of ether oxygens (including phenoxy) is 1. The van der Waals surface area contributed by atoms with Crippen molar-refractivity contribution in [2.45, 2.75) is 59.9 Å². The first kappa shape index (κ1) is 29.7. The number of aromatic amines is 1. The number of aliphatic imine (C=N–C) groups is 1. The van der Waals surface area contributed by atoms with Gasteiger partial charge in [0.15, 0.2) is 11.6 Å². The van der Waals surface area contributed by atoms with Crippen molar-refractivity contribution in [3.8, 4) is 28.4 Å². The quantitative estimate of drug-likeness (QED) is 0.162. The Labute approximate surface area is 250 Å². The number of unbranched alkanes of at least 4 members (excludes halogenated alkanes) is 2. The molecular weight excluding hydrogens is 546 g/mol. The molecule has 0 aliphatic carbocycles. The van der Waals surface area contributed by atoms with Crippen molar-refractivity contribution in [3.05, 3.63) is 82.9 Å². The predicted molar refractivity (Wildman–Crippen MR) is 164 cm³/mol. The molecule has 3 aromatic heterocycles. The number of amides is 1. The number of nitrogens with one attached hydrogen (secondary N) is 1. The van der Waals surface area contributed by atoms with E-state index in [9.17, 15) is 9.59 Å². The zero-order chi connectivity index (χ0) is 30.4. The van der Waals surface area contributed by atoms with Gasteiger partial charge in [-0.2, -0.15) is 9.97 Å². The summed E-state index contributed by atoms with van der Waals surface area (Å²) in [5, 5.41) is 3.84. The molecule has 4 heterocycles. The normalized spacial score (nSPS) is 16.7. The maximum Gasteiger partial charge on any atom is 0.439 e. The summed E-state index contributed by atoms with van der Waals surface area (Å²) < 4.78 is 10.0. The van der Waals surface area contributed by atoms with Crippen molar-refractivity contribution in [3.63, 3.8) is 0 Å². The highest BCUT2D eigenvalue weighted by atomic mass is 16.5. The van der Waals surface area contributed by atoms with E-state index in [1.165, 1.54) is 0 Å². The lowest BCUT2D eigenvalue weighted by Gasteiger charge is -2.36. The number of H-pyrrole nitrogens is 1. The Bertz CT molecular complexity index is 1690. The van der Waals surface area contributed by atoms with Gasteiger partial charge < -0.3 is 4.74 Å². The number of pyridine rings is 1. The highest BCUT2D eigenvalue weighted by Gasteiger charge is 2.50. The number of rotatable bonds is 12. The summed E-state index contributed by atoms with van der Waals surface area (Å²) >= 11 is 0. The third kappa shape index (κ3) is 6.21. The van der Waals surface area contributed by atoms with Gasteiger partial charge in [-0.3, -0.25) is 14.5 Å². The number of quaternary nitrogens is 1. The topological polar surface area (TPSA) is 136 Å². The van der Waals surface area contributed by atoms with Crippen molar-refractivity contribution in [1.82, 2.24) is 29.6 Å². The fraction of sp³-hybridized carbons (Fsp3) is 0.344. The molecule has 1 atom stereocenters. The standard InChI is InChI=1S/C32H35N7O4/c1-5-7-8-11-23-16-28(40)39(30(36-23)21(3)4,31-34-18-24(19-35-31)42-6-2)20-22-14-15-27(33-17-22)25-12-9-10-13-26(25)29-37-32(41)43-38-29/h9-10,12-19,21H,5-8,11,20H2,1-4H3/p+1. The van der Waals surface area contributed by atoms with Gasteiger partial charge in [0.05, 0.1) is 36.5 Å². The second kappa shape index (κ2) is 13.0. The molecule has 0 saturated carbocycles. The largest absolute Gasteiger partial charge is 0.491 e. The van der Waals surface area contributed by atoms with Crippen molar-refractivity contribution >= 4 is 17.7 Å². The summed E-state index contributed by atoms with van der Waals surface area (Å²) in [4.78, 5) is 47.4. The van der Waals surface area contributed by atoms with Crippen LogP contribution in [0, 0.1) is 5.92 Å². The minimum Gasteiger partial charge on any atom is -0.491 e. The van der Waals surface area contributed by atoms with Crippen LogP contribution in [0.3, 0.4) is 0 Å². The lowest BCUT2D eigenvalue weighted by Crippen LogP contribution is -2.61. The van der Waals surface area contributed by atoms with Crippen LogP contribution in [0.4, 0.5) is 5.95 Å². The van der Waals surface area contributed by atoms with Gasteiger partial charge in [0.2, 0.25) is 5.84 Å². The van der Waals surface area contributed by atoms with Crippen LogP contribution < -0.4 is 15.0 Å². The number of benzene rings is 1. The molecule has 0 bridgehead atoms. The molecule has 11 heteroatoms. The second-order valence-electron chi connectivity index (χ2n) is 10.7. The van der Waals surface area contributed by atoms with Crippen LogP contribution in [-0.2, 0) is 11.3 Å². The Morgan fingerprint density at radius 2 is 1.72 bits per heavy atom. The lowest BCUT2D eigenvalue weighted by molar-refractivity contribution is -0.123. The van der Waals surface area contributed by atoms with Gasteiger partial charge in [0, 0.05) is 28.8 Å². The molecule has 0 spiro atoms. The van der Waals surface area contributed by atoms with Crippen LogP contribution in [0.1, 0.15) is 58.9 Å². The molecule has 1 N–H and O–H groups in total. The van der Waals surface area contributed by atoms with E-state index in [1.54, 1.807) is 24.7 Å². The minimum absolute atomic E-state index is 0.0577. The number of hydrogen-bond acceptors (Lipinski definition) is 9. The van der Waals surface area contributed by atoms with Gasteiger partial charge in [0.1, 0.15) is 6.54 Å². The molecule has 5 rings (SSSR count). The molecule has 0 fully saturated rings. The van der Waals surface area contributed by atoms with Crippen LogP contribution >= 0.6 is 0 Å². The Morgan fingerprint density at radius 1 is 0.953 bits per heavy atom. The van der Waals surface area contributed by atoms with E-state index in [0.29, 0.717) is 41.2 Å². The number of hydrogen-bond donors (Lipinski definition) is 1. The first-order valence-corrected chi connectivity index (χ1v) is 14.6. The number of allylic oxidation sites excluding steroid dienone is 1. The summed E-state index contributed by atoms with van der Waals surface area (Å²) in [5.74, 6) is 1.04.